The Labute approximate surface area is 221 Å². The molecule has 4 fully saturated rings. The van der Waals surface area contributed by atoms with Crippen LogP contribution in [0, 0.1) is 35.0 Å². The quantitative estimate of drug-likeness (QED) is 0.368. The van der Waals surface area contributed by atoms with Gasteiger partial charge in [-0.05, 0) is 43.9 Å². The molecule has 0 spiro atoms. The average molecular weight is 563 g/mol. The van der Waals surface area contributed by atoms with Crippen molar-refractivity contribution in [2.24, 2.45) is 29.4 Å². The molecule has 15 heteroatoms. The second kappa shape index (κ2) is 10.5. The van der Waals surface area contributed by atoms with Crippen LogP contribution in [0.3, 0.4) is 0 Å². The largest absolute Gasteiger partial charge is 0.471 e. The van der Waals surface area contributed by atoms with Crippen molar-refractivity contribution in [3.63, 3.8) is 0 Å². The fourth-order valence-electron chi connectivity index (χ4n) is 6.91. The van der Waals surface area contributed by atoms with Gasteiger partial charge in [0, 0.05) is 25.6 Å². The van der Waals surface area contributed by atoms with Gasteiger partial charge in [-0.25, -0.2) is 8.78 Å². The minimum atomic E-state index is -5.36. The molecule has 0 aromatic rings. The van der Waals surface area contributed by atoms with Gasteiger partial charge in [0.2, 0.25) is 17.7 Å². The number of primary amides is 1. The molecule has 10 nitrogen and oxygen atoms in total. The average Bonchev–Trinajstić information content (AvgIpc) is 3.41. The number of likely N-dealkylation sites (tertiary alicyclic amines) is 2. The smallest absolute Gasteiger partial charge is 0.368 e. The number of hydrogen-bond acceptors (Lipinski definition) is 6. The SMILES string of the molecule is N#C[C@@H](C[C@@H]1CCCNC1=O)C1(C(N)=O)C2CCCC2CN1C(=O)[C@H](CN1CC(F)(F)C1)NC(=O)C(F)(F)F. The molecule has 3 saturated heterocycles. The van der Waals surface area contributed by atoms with Crippen molar-refractivity contribution in [3.8, 4) is 6.07 Å². The maximum absolute atomic E-state index is 13.9. The number of carbonyl (C=O) groups excluding carboxylic acids is 4. The van der Waals surface area contributed by atoms with Crippen LogP contribution in [0.4, 0.5) is 22.0 Å². The molecule has 4 N–H and O–H groups in total. The van der Waals surface area contributed by atoms with Gasteiger partial charge in [-0.3, -0.25) is 24.1 Å². The zero-order valence-corrected chi connectivity index (χ0v) is 21.1. The highest BCUT2D eigenvalue weighted by Crippen LogP contribution is 2.53. The van der Waals surface area contributed by atoms with E-state index >= 15 is 0 Å². The van der Waals surface area contributed by atoms with E-state index in [0.29, 0.717) is 38.6 Å². The number of piperidine rings is 1. The van der Waals surface area contributed by atoms with Crippen molar-refractivity contribution in [1.82, 2.24) is 20.4 Å². The molecule has 3 heterocycles. The van der Waals surface area contributed by atoms with Gasteiger partial charge in [-0.2, -0.15) is 18.4 Å². The van der Waals surface area contributed by atoms with Crippen molar-refractivity contribution in [1.29, 1.82) is 5.26 Å². The van der Waals surface area contributed by atoms with Crippen LogP contribution in [-0.2, 0) is 19.2 Å². The molecular weight excluding hydrogens is 531 g/mol. The summed E-state index contributed by atoms with van der Waals surface area (Å²) in [5.74, 6) is -10.7. The molecular formula is C24H31F5N6O4. The lowest BCUT2D eigenvalue weighted by Crippen LogP contribution is -2.68. The third-order valence-electron chi connectivity index (χ3n) is 8.57. The molecule has 1 saturated carbocycles. The number of nitriles is 1. The summed E-state index contributed by atoms with van der Waals surface area (Å²) in [5.41, 5.74) is 3.98. The number of rotatable bonds is 8. The summed E-state index contributed by atoms with van der Waals surface area (Å²) in [6.07, 6.45) is -2.72. The Bertz CT molecular complexity index is 1060. The number of nitrogens with two attached hydrogens (primary N) is 1. The van der Waals surface area contributed by atoms with E-state index in [1.54, 1.807) is 5.32 Å². The standard InChI is InChI=1S/C24H31F5N6O4/c25-22(26)11-34(12-22)10-17(33-21(39)24(27,28)29)19(37)35-9-14-3-1-5-16(14)23(35,20(31)38)15(8-30)7-13-4-2-6-32-18(13)36/h13-17H,1-7,9-12H2,(H2,31,38)(H,32,36)(H,33,39)/t13-,14?,15+,16?,17-,23?/m0/s1. The van der Waals surface area contributed by atoms with Crippen molar-refractivity contribution in [3.05, 3.63) is 0 Å². The van der Waals surface area contributed by atoms with Gasteiger partial charge in [0.15, 0.2) is 0 Å². The van der Waals surface area contributed by atoms with Gasteiger partial charge in [-0.1, -0.05) is 6.42 Å². The molecule has 0 radical (unpaired) electrons. The van der Waals surface area contributed by atoms with Gasteiger partial charge in [0.25, 0.3) is 5.92 Å². The van der Waals surface area contributed by atoms with Crippen LogP contribution >= 0.6 is 0 Å². The Balaban J connectivity index is 1.70. The lowest BCUT2D eigenvalue weighted by atomic mass is 9.68. The third kappa shape index (κ3) is 5.39. The predicted molar refractivity (Wildman–Crippen MR) is 123 cm³/mol. The molecule has 4 aliphatic rings. The highest BCUT2D eigenvalue weighted by Gasteiger charge is 2.65. The molecule has 1 aliphatic carbocycles. The summed E-state index contributed by atoms with van der Waals surface area (Å²) in [6.45, 7) is -1.93. The first-order valence-electron chi connectivity index (χ1n) is 13.0. The minimum Gasteiger partial charge on any atom is -0.368 e. The Morgan fingerprint density at radius 3 is 2.44 bits per heavy atom. The fourth-order valence-corrected chi connectivity index (χ4v) is 6.91. The van der Waals surface area contributed by atoms with Gasteiger partial charge in [0.05, 0.1) is 25.1 Å². The first-order valence-corrected chi connectivity index (χ1v) is 13.0. The van der Waals surface area contributed by atoms with Crippen LogP contribution < -0.4 is 16.4 Å². The summed E-state index contributed by atoms with van der Waals surface area (Å²) in [5, 5.41) is 14.6. The number of alkyl halides is 5. The van der Waals surface area contributed by atoms with Gasteiger partial charge in [-0.15, -0.1) is 0 Å². The van der Waals surface area contributed by atoms with E-state index in [9.17, 15) is 46.4 Å². The number of amides is 4. The van der Waals surface area contributed by atoms with Crippen molar-refractivity contribution >= 4 is 23.6 Å². The maximum atomic E-state index is 13.9. The third-order valence-corrected chi connectivity index (χ3v) is 8.57. The molecule has 0 aromatic carbocycles. The molecule has 6 atom stereocenters. The molecule has 3 unspecified atom stereocenters. The lowest BCUT2D eigenvalue weighted by molar-refractivity contribution is -0.177. The van der Waals surface area contributed by atoms with Crippen LogP contribution in [-0.4, -0.2) is 89.8 Å². The number of halogens is 5. The monoisotopic (exact) mass is 562 g/mol. The highest BCUT2D eigenvalue weighted by atomic mass is 19.4. The zero-order valence-electron chi connectivity index (χ0n) is 21.1. The molecule has 0 bridgehead atoms. The summed E-state index contributed by atoms with van der Waals surface area (Å²) < 4.78 is 66.3. The van der Waals surface area contributed by atoms with Crippen LogP contribution in [0.2, 0.25) is 0 Å². The van der Waals surface area contributed by atoms with Gasteiger partial charge >= 0.3 is 12.1 Å². The fraction of sp³-hybridized carbons (Fsp3) is 0.792. The molecule has 0 aromatic heterocycles. The van der Waals surface area contributed by atoms with E-state index in [1.807, 2.05) is 0 Å². The molecule has 39 heavy (non-hydrogen) atoms. The number of fused-ring (bicyclic) bond motifs is 1. The summed E-state index contributed by atoms with van der Waals surface area (Å²) in [6, 6.07) is 0.132. The van der Waals surface area contributed by atoms with Gasteiger partial charge < -0.3 is 21.3 Å². The van der Waals surface area contributed by atoms with Crippen molar-refractivity contribution in [2.75, 3.05) is 32.7 Å². The highest BCUT2D eigenvalue weighted by molar-refractivity contribution is 5.96. The first kappa shape index (κ1) is 29.0. The van der Waals surface area contributed by atoms with E-state index in [2.05, 4.69) is 11.4 Å². The van der Waals surface area contributed by atoms with E-state index in [0.717, 1.165) is 9.80 Å². The Morgan fingerprint density at radius 2 is 1.87 bits per heavy atom. The van der Waals surface area contributed by atoms with Crippen LogP contribution in [0.25, 0.3) is 0 Å². The summed E-state index contributed by atoms with van der Waals surface area (Å²) in [7, 11) is 0. The second-order valence-electron chi connectivity index (χ2n) is 11.0. The lowest BCUT2D eigenvalue weighted by Gasteiger charge is -2.46. The summed E-state index contributed by atoms with van der Waals surface area (Å²) in [4.78, 5) is 53.5. The maximum Gasteiger partial charge on any atom is 0.471 e. The van der Waals surface area contributed by atoms with Crippen LogP contribution in [0.5, 0.6) is 0 Å². The second-order valence-corrected chi connectivity index (χ2v) is 11.0. The van der Waals surface area contributed by atoms with E-state index in [4.69, 9.17) is 5.73 Å². The zero-order chi connectivity index (χ0) is 28.8. The topological polar surface area (TPSA) is 149 Å². The molecule has 216 valence electrons. The molecule has 4 rings (SSSR count). The first-order chi connectivity index (χ1) is 18.2. The number of hydrogen-bond donors (Lipinski definition) is 3. The van der Waals surface area contributed by atoms with E-state index in [1.165, 1.54) is 0 Å². The van der Waals surface area contributed by atoms with E-state index in [-0.39, 0.29) is 24.8 Å². The number of nitrogens with zero attached hydrogens (tertiary/aromatic N) is 3. The van der Waals surface area contributed by atoms with E-state index < -0.39 is 78.8 Å². The molecule has 3 aliphatic heterocycles. The van der Waals surface area contributed by atoms with Crippen molar-refractivity contribution < 1.29 is 41.1 Å². The number of carbonyl (C=O) groups is 4. The molecule has 4 amide bonds. The predicted octanol–water partition coefficient (Wildman–Crippen LogP) is 0.523. The normalized spacial score (nSPS) is 31.8. The van der Waals surface area contributed by atoms with Crippen LogP contribution in [0.1, 0.15) is 38.5 Å². The van der Waals surface area contributed by atoms with Crippen molar-refractivity contribution in [2.45, 2.75) is 62.2 Å². The van der Waals surface area contributed by atoms with Crippen LogP contribution in [0.15, 0.2) is 0 Å². The Morgan fingerprint density at radius 1 is 1.18 bits per heavy atom. The minimum absolute atomic E-state index is 0.101. The summed E-state index contributed by atoms with van der Waals surface area (Å²) >= 11 is 0. The Hall–Kier alpha value is -3.02. The van der Waals surface area contributed by atoms with Gasteiger partial charge in [0.1, 0.15) is 11.6 Å². The Kier molecular flexibility index (Phi) is 7.81. The number of nitrogens with one attached hydrogen (secondary N) is 2.